The van der Waals surface area contributed by atoms with Crippen molar-refractivity contribution < 1.29 is 9.53 Å². The SMILES string of the molecule is CC(C)Oc1ccc(CCNC(=O)CN2CCC(N)C(C)(C)C2)cc1. The molecule has 1 aromatic rings. The number of hydrogen-bond acceptors (Lipinski definition) is 4. The first-order chi connectivity index (χ1) is 11.8. The van der Waals surface area contributed by atoms with Crippen molar-refractivity contribution in [2.75, 3.05) is 26.2 Å². The van der Waals surface area contributed by atoms with Crippen LogP contribution in [0.1, 0.15) is 39.7 Å². The zero-order valence-electron chi connectivity index (χ0n) is 16.0. The normalized spacial score (nSPS) is 20.5. The zero-order chi connectivity index (χ0) is 18.4. The Balaban J connectivity index is 1.70. The molecule has 0 aromatic heterocycles. The lowest BCUT2D eigenvalue weighted by atomic mass is 9.80. The highest BCUT2D eigenvalue weighted by molar-refractivity contribution is 5.78. The van der Waals surface area contributed by atoms with Crippen LogP contribution in [0.25, 0.3) is 0 Å². The molecule has 0 radical (unpaired) electrons. The van der Waals surface area contributed by atoms with Gasteiger partial charge in [0.05, 0.1) is 12.6 Å². The predicted octanol–water partition coefficient (Wildman–Crippen LogP) is 2.19. The number of hydrogen-bond donors (Lipinski definition) is 2. The number of likely N-dealkylation sites (tertiary alicyclic amines) is 1. The van der Waals surface area contributed by atoms with Crippen molar-refractivity contribution in [3.63, 3.8) is 0 Å². The predicted molar refractivity (Wildman–Crippen MR) is 102 cm³/mol. The summed E-state index contributed by atoms with van der Waals surface area (Å²) in [6, 6.07) is 8.29. The first-order valence-corrected chi connectivity index (χ1v) is 9.26. The lowest BCUT2D eigenvalue weighted by Gasteiger charge is -2.42. The van der Waals surface area contributed by atoms with Crippen LogP contribution in [0.3, 0.4) is 0 Å². The van der Waals surface area contributed by atoms with Crippen LogP contribution in [0.2, 0.25) is 0 Å². The minimum Gasteiger partial charge on any atom is -0.491 e. The highest BCUT2D eigenvalue weighted by Crippen LogP contribution is 2.27. The maximum Gasteiger partial charge on any atom is 0.234 e. The molecule has 1 atom stereocenters. The van der Waals surface area contributed by atoms with Gasteiger partial charge in [0.25, 0.3) is 0 Å². The second kappa shape index (κ2) is 8.68. The van der Waals surface area contributed by atoms with E-state index in [1.54, 1.807) is 0 Å². The second-order valence-corrected chi connectivity index (χ2v) is 8.00. The van der Waals surface area contributed by atoms with Gasteiger partial charge in [-0.15, -0.1) is 0 Å². The van der Waals surface area contributed by atoms with E-state index in [9.17, 15) is 4.79 Å². The Morgan fingerprint density at radius 2 is 2.04 bits per heavy atom. The van der Waals surface area contributed by atoms with Crippen molar-refractivity contribution >= 4 is 5.91 Å². The molecular formula is C20H33N3O2. The molecule has 1 saturated heterocycles. The number of ether oxygens (including phenoxy) is 1. The number of amides is 1. The molecule has 5 heteroatoms. The third kappa shape index (κ3) is 6.33. The topological polar surface area (TPSA) is 67.6 Å². The molecule has 1 aromatic carbocycles. The van der Waals surface area contributed by atoms with Crippen molar-refractivity contribution in [2.24, 2.45) is 11.1 Å². The van der Waals surface area contributed by atoms with Gasteiger partial charge in [0, 0.05) is 25.7 Å². The highest BCUT2D eigenvalue weighted by atomic mass is 16.5. The Kier molecular flexibility index (Phi) is 6.85. The number of benzene rings is 1. The highest BCUT2D eigenvalue weighted by Gasteiger charge is 2.33. The molecule has 1 unspecified atom stereocenters. The minimum absolute atomic E-state index is 0.0678. The summed E-state index contributed by atoms with van der Waals surface area (Å²) >= 11 is 0. The molecule has 1 amide bonds. The standard InChI is InChI=1S/C20H33N3O2/c1-15(2)25-17-7-5-16(6-8-17)9-11-22-19(24)13-23-12-10-18(21)20(3,4)14-23/h5-8,15,18H,9-14,21H2,1-4H3,(H,22,24). The molecule has 5 nitrogen and oxygen atoms in total. The van der Waals surface area contributed by atoms with Gasteiger partial charge in [-0.3, -0.25) is 9.69 Å². The van der Waals surface area contributed by atoms with Crippen molar-refractivity contribution in [1.82, 2.24) is 10.2 Å². The van der Waals surface area contributed by atoms with Gasteiger partial charge in [0.2, 0.25) is 5.91 Å². The second-order valence-electron chi connectivity index (χ2n) is 8.00. The fourth-order valence-corrected chi connectivity index (χ4v) is 3.23. The van der Waals surface area contributed by atoms with Gasteiger partial charge < -0.3 is 15.8 Å². The van der Waals surface area contributed by atoms with Crippen LogP contribution in [0.5, 0.6) is 5.75 Å². The van der Waals surface area contributed by atoms with E-state index in [0.717, 1.165) is 31.7 Å². The Hall–Kier alpha value is -1.59. The smallest absolute Gasteiger partial charge is 0.234 e. The number of carbonyl (C=O) groups excluding carboxylic acids is 1. The molecule has 1 aliphatic rings. The number of carbonyl (C=O) groups is 1. The van der Waals surface area contributed by atoms with Crippen LogP contribution in [-0.4, -0.2) is 49.1 Å². The fourth-order valence-electron chi connectivity index (χ4n) is 3.23. The van der Waals surface area contributed by atoms with Gasteiger partial charge in [-0.05, 0) is 49.8 Å². The van der Waals surface area contributed by atoms with Crippen LogP contribution in [-0.2, 0) is 11.2 Å². The van der Waals surface area contributed by atoms with Crippen LogP contribution in [0.4, 0.5) is 0 Å². The third-order valence-corrected chi connectivity index (χ3v) is 4.79. The summed E-state index contributed by atoms with van der Waals surface area (Å²) in [7, 11) is 0. The number of nitrogens with one attached hydrogen (secondary N) is 1. The quantitative estimate of drug-likeness (QED) is 0.793. The summed E-state index contributed by atoms with van der Waals surface area (Å²) in [5, 5.41) is 3.02. The maximum absolute atomic E-state index is 12.2. The molecule has 140 valence electrons. The maximum atomic E-state index is 12.2. The Morgan fingerprint density at radius 1 is 1.36 bits per heavy atom. The number of rotatable bonds is 7. The number of nitrogens with two attached hydrogens (primary N) is 1. The van der Waals surface area contributed by atoms with Crippen LogP contribution in [0, 0.1) is 5.41 Å². The van der Waals surface area contributed by atoms with Crippen LogP contribution < -0.4 is 15.8 Å². The van der Waals surface area contributed by atoms with Gasteiger partial charge in [-0.1, -0.05) is 26.0 Å². The molecule has 1 heterocycles. The third-order valence-electron chi connectivity index (χ3n) is 4.79. The van der Waals surface area contributed by atoms with Gasteiger partial charge in [0.1, 0.15) is 5.75 Å². The van der Waals surface area contributed by atoms with Crippen LogP contribution >= 0.6 is 0 Å². The molecular weight excluding hydrogens is 314 g/mol. The van der Waals surface area contributed by atoms with E-state index in [1.807, 2.05) is 26.0 Å². The van der Waals surface area contributed by atoms with E-state index < -0.39 is 0 Å². The van der Waals surface area contributed by atoms with Gasteiger partial charge in [-0.25, -0.2) is 0 Å². The Bertz CT molecular complexity index is 555. The van der Waals surface area contributed by atoms with E-state index in [2.05, 4.69) is 36.2 Å². The molecule has 1 aliphatic heterocycles. The molecule has 2 rings (SSSR count). The minimum atomic E-state index is 0.0678. The monoisotopic (exact) mass is 347 g/mol. The molecule has 0 bridgehead atoms. The van der Waals surface area contributed by atoms with Crippen molar-refractivity contribution in [1.29, 1.82) is 0 Å². The van der Waals surface area contributed by atoms with E-state index in [-0.39, 0.29) is 23.5 Å². The fraction of sp³-hybridized carbons (Fsp3) is 0.650. The molecule has 1 fully saturated rings. The molecule has 3 N–H and O–H groups in total. The van der Waals surface area contributed by atoms with Crippen molar-refractivity contribution in [2.45, 2.75) is 52.7 Å². The van der Waals surface area contributed by atoms with Crippen molar-refractivity contribution in [3.8, 4) is 5.75 Å². The Morgan fingerprint density at radius 3 is 2.64 bits per heavy atom. The first kappa shape index (κ1) is 19.7. The average Bonchev–Trinajstić information content (AvgIpc) is 2.52. The molecule has 0 spiro atoms. The molecule has 0 saturated carbocycles. The van der Waals surface area contributed by atoms with Crippen LogP contribution in [0.15, 0.2) is 24.3 Å². The van der Waals surface area contributed by atoms with Crippen molar-refractivity contribution in [3.05, 3.63) is 29.8 Å². The first-order valence-electron chi connectivity index (χ1n) is 9.26. The lowest BCUT2D eigenvalue weighted by Crippen LogP contribution is -2.54. The van der Waals surface area contributed by atoms with E-state index in [1.165, 1.54) is 5.56 Å². The average molecular weight is 348 g/mol. The largest absolute Gasteiger partial charge is 0.491 e. The molecule has 0 aliphatic carbocycles. The summed E-state index contributed by atoms with van der Waals surface area (Å²) in [5.41, 5.74) is 7.41. The van der Waals surface area contributed by atoms with E-state index in [0.29, 0.717) is 13.1 Å². The van der Waals surface area contributed by atoms with Gasteiger partial charge in [0.15, 0.2) is 0 Å². The van der Waals surface area contributed by atoms with E-state index in [4.69, 9.17) is 10.5 Å². The zero-order valence-corrected chi connectivity index (χ0v) is 16.0. The van der Waals surface area contributed by atoms with Gasteiger partial charge >= 0.3 is 0 Å². The number of piperidine rings is 1. The number of nitrogens with zero attached hydrogens (tertiary/aromatic N) is 1. The summed E-state index contributed by atoms with van der Waals surface area (Å²) in [5.74, 6) is 0.972. The summed E-state index contributed by atoms with van der Waals surface area (Å²) in [4.78, 5) is 14.4. The van der Waals surface area contributed by atoms with E-state index >= 15 is 0 Å². The summed E-state index contributed by atoms with van der Waals surface area (Å²) < 4.78 is 5.64. The van der Waals surface area contributed by atoms with Gasteiger partial charge in [-0.2, -0.15) is 0 Å². The summed E-state index contributed by atoms with van der Waals surface area (Å²) in [6.07, 6.45) is 1.95. The molecule has 25 heavy (non-hydrogen) atoms. The summed E-state index contributed by atoms with van der Waals surface area (Å²) in [6.45, 7) is 11.3. The lowest BCUT2D eigenvalue weighted by molar-refractivity contribution is -0.123. The Labute approximate surface area is 151 Å².